The normalized spacial score (nSPS) is 10.8. The molecule has 4 rings (SSSR count). The molecule has 2 aromatic heterocycles. The summed E-state index contributed by atoms with van der Waals surface area (Å²) in [6.45, 7) is 5.80. The molecule has 0 aliphatic rings. The van der Waals surface area contributed by atoms with Gasteiger partial charge in [0.15, 0.2) is 0 Å². The van der Waals surface area contributed by atoms with Crippen LogP contribution in [0.3, 0.4) is 0 Å². The number of aromatic nitrogens is 5. The number of hydrogen-bond donors (Lipinski definition) is 0. The topological polar surface area (TPSA) is 92.0 Å². The number of hydrogen-bond acceptors (Lipinski definition) is 7. The minimum atomic E-state index is -0.471. The summed E-state index contributed by atoms with van der Waals surface area (Å²) in [5.41, 5.74) is 4.81. The van der Waals surface area contributed by atoms with Crippen molar-refractivity contribution in [3.63, 3.8) is 0 Å². The Bertz CT molecular complexity index is 1250. The van der Waals surface area contributed by atoms with E-state index in [1.165, 1.54) is 10.2 Å². The summed E-state index contributed by atoms with van der Waals surface area (Å²) >= 11 is 0. The van der Waals surface area contributed by atoms with Crippen molar-refractivity contribution >= 4 is 5.97 Å². The van der Waals surface area contributed by atoms with E-state index in [-0.39, 0.29) is 6.61 Å². The van der Waals surface area contributed by atoms with E-state index >= 15 is 0 Å². The highest BCUT2D eigenvalue weighted by Crippen LogP contribution is 2.27. The lowest BCUT2D eigenvalue weighted by Crippen LogP contribution is -2.14. The minimum absolute atomic E-state index is 0.255. The fourth-order valence-corrected chi connectivity index (χ4v) is 3.28. The van der Waals surface area contributed by atoms with Crippen LogP contribution in [0.2, 0.25) is 0 Å². The second kappa shape index (κ2) is 8.97. The molecule has 8 heteroatoms. The SMILES string of the molecule is CCOC(=O)c1c(C)nc(-n2cc(-c3ccc(C)cc3)nn2)nc1-c1ccc(OC)cc1. The smallest absolute Gasteiger partial charge is 0.342 e. The highest BCUT2D eigenvalue weighted by atomic mass is 16.5. The second-order valence-electron chi connectivity index (χ2n) is 7.20. The zero-order valence-corrected chi connectivity index (χ0v) is 18.4. The molecule has 0 saturated carbocycles. The molecule has 8 nitrogen and oxygen atoms in total. The maximum atomic E-state index is 12.7. The Hall–Kier alpha value is -4.07. The van der Waals surface area contributed by atoms with E-state index in [1.807, 2.05) is 55.5 Å². The van der Waals surface area contributed by atoms with Gasteiger partial charge in [0, 0.05) is 11.1 Å². The van der Waals surface area contributed by atoms with E-state index in [4.69, 9.17) is 9.47 Å². The van der Waals surface area contributed by atoms with Gasteiger partial charge in [0.2, 0.25) is 0 Å². The first-order valence-electron chi connectivity index (χ1n) is 10.2. The number of carbonyl (C=O) groups excluding carboxylic acids is 1. The lowest BCUT2D eigenvalue weighted by atomic mass is 10.0. The molecule has 0 bridgehead atoms. The van der Waals surface area contributed by atoms with Gasteiger partial charge < -0.3 is 9.47 Å². The first kappa shape index (κ1) is 21.2. The number of rotatable bonds is 6. The van der Waals surface area contributed by atoms with Crippen molar-refractivity contribution in [2.75, 3.05) is 13.7 Å². The summed E-state index contributed by atoms with van der Waals surface area (Å²) in [6, 6.07) is 15.3. The van der Waals surface area contributed by atoms with Crippen LogP contribution in [0.15, 0.2) is 54.7 Å². The Morgan fingerprint density at radius 2 is 1.66 bits per heavy atom. The number of aryl methyl sites for hydroxylation is 2. The van der Waals surface area contributed by atoms with E-state index in [0.717, 1.165) is 11.1 Å². The first-order chi connectivity index (χ1) is 15.5. The van der Waals surface area contributed by atoms with Crippen molar-refractivity contribution in [2.45, 2.75) is 20.8 Å². The molecule has 32 heavy (non-hydrogen) atoms. The largest absolute Gasteiger partial charge is 0.497 e. The van der Waals surface area contributed by atoms with E-state index < -0.39 is 5.97 Å². The van der Waals surface area contributed by atoms with Gasteiger partial charge in [0.25, 0.3) is 5.95 Å². The predicted molar refractivity (Wildman–Crippen MR) is 120 cm³/mol. The van der Waals surface area contributed by atoms with Crippen molar-refractivity contribution in [1.29, 1.82) is 0 Å². The second-order valence-corrected chi connectivity index (χ2v) is 7.20. The van der Waals surface area contributed by atoms with Crippen molar-refractivity contribution in [3.8, 4) is 34.2 Å². The molecule has 0 amide bonds. The monoisotopic (exact) mass is 429 g/mol. The molecular weight excluding hydrogens is 406 g/mol. The zero-order valence-electron chi connectivity index (χ0n) is 18.4. The van der Waals surface area contributed by atoms with Crippen LogP contribution >= 0.6 is 0 Å². The molecule has 0 fully saturated rings. The third-order valence-electron chi connectivity index (χ3n) is 4.97. The van der Waals surface area contributed by atoms with Crippen molar-refractivity contribution in [1.82, 2.24) is 25.0 Å². The number of nitrogens with zero attached hydrogens (tertiary/aromatic N) is 5. The Balaban J connectivity index is 1.81. The van der Waals surface area contributed by atoms with Crippen LogP contribution in [0.1, 0.15) is 28.5 Å². The van der Waals surface area contributed by atoms with Gasteiger partial charge in [-0.15, -0.1) is 5.10 Å². The van der Waals surface area contributed by atoms with Crippen molar-refractivity contribution in [2.24, 2.45) is 0 Å². The van der Waals surface area contributed by atoms with Gasteiger partial charge in [-0.3, -0.25) is 0 Å². The summed E-state index contributed by atoms with van der Waals surface area (Å²) < 4.78 is 12.0. The van der Waals surface area contributed by atoms with Crippen LogP contribution in [0.25, 0.3) is 28.5 Å². The van der Waals surface area contributed by atoms with Gasteiger partial charge >= 0.3 is 5.97 Å². The predicted octanol–water partition coefficient (Wildman–Crippen LogP) is 4.19. The highest BCUT2D eigenvalue weighted by Gasteiger charge is 2.22. The Kier molecular flexibility index (Phi) is 5.93. The molecule has 0 aliphatic heterocycles. The third kappa shape index (κ3) is 4.20. The Morgan fingerprint density at radius 1 is 0.969 bits per heavy atom. The number of ether oxygens (including phenoxy) is 2. The number of benzene rings is 2. The molecule has 0 saturated heterocycles. The van der Waals surface area contributed by atoms with E-state index in [2.05, 4.69) is 20.3 Å². The number of methoxy groups -OCH3 is 1. The van der Waals surface area contributed by atoms with Gasteiger partial charge in [-0.2, -0.15) is 4.68 Å². The van der Waals surface area contributed by atoms with Crippen LogP contribution in [0.5, 0.6) is 5.75 Å². The first-order valence-corrected chi connectivity index (χ1v) is 10.2. The van der Waals surface area contributed by atoms with Crippen molar-refractivity contribution in [3.05, 3.63) is 71.5 Å². The van der Waals surface area contributed by atoms with Crippen LogP contribution < -0.4 is 4.74 Å². The van der Waals surface area contributed by atoms with Gasteiger partial charge in [0.05, 0.1) is 31.3 Å². The molecule has 0 aliphatic carbocycles. The standard InChI is InChI=1S/C24H23N5O3/c1-5-32-23(30)21-16(3)25-24(26-22(21)18-10-12-19(31-4)13-11-18)29-14-20(27-28-29)17-8-6-15(2)7-9-17/h6-14H,5H2,1-4H3. The molecule has 162 valence electrons. The maximum absolute atomic E-state index is 12.7. The van der Waals surface area contributed by atoms with Crippen molar-refractivity contribution < 1.29 is 14.3 Å². The summed E-state index contributed by atoms with van der Waals surface area (Å²) in [6.07, 6.45) is 1.77. The Morgan fingerprint density at radius 3 is 2.31 bits per heavy atom. The van der Waals surface area contributed by atoms with Crippen LogP contribution in [-0.2, 0) is 4.74 Å². The van der Waals surface area contributed by atoms with E-state index in [9.17, 15) is 4.79 Å². The van der Waals surface area contributed by atoms with Crippen LogP contribution in [-0.4, -0.2) is 44.6 Å². The molecule has 0 unspecified atom stereocenters. The van der Waals surface area contributed by atoms with Crippen LogP contribution in [0, 0.1) is 13.8 Å². The Labute approximate surface area is 185 Å². The average Bonchev–Trinajstić information content (AvgIpc) is 3.29. The van der Waals surface area contributed by atoms with E-state index in [0.29, 0.717) is 34.3 Å². The molecule has 0 N–H and O–H groups in total. The molecule has 2 heterocycles. The van der Waals surface area contributed by atoms with Gasteiger partial charge in [-0.25, -0.2) is 14.8 Å². The summed E-state index contributed by atoms with van der Waals surface area (Å²) in [5, 5.41) is 8.46. The molecule has 0 radical (unpaired) electrons. The third-order valence-corrected chi connectivity index (χ3v) is 4.97. The number of carbonyl (C=O) groups is 1. The lowest BCUT2D eigenvalue weighted by Gasteiger charge is -2.13. The van der Waals surface area contributed by atoms with Gasteiger partial charge in [-0.1, -0.05) is 35.0 Å². The quantitative estimate of drug-likeness (QED) is 0.424. The lowest BCUT2D eigenvalue weighted by molar-refractivity contribution is 0.0525. The maximum Gasteiger partial charge on any atom is 0.342 e. The molecule has 0 spiro atoms. The average molecular weight is 429 g/mol. The highest BCUT2D eigenvalue weighted by molar-refractivity contribution is 5.97. The summed E-state index contributed by atoms with van der Waals surface area (Å²) in [5.74, 6) is 0.546. The molecular formula is C24H23N5O3. The van der Waals surface area contributed by atoms with Gasteiger partial charge in [-0.05, 0) is 45.0 Å². The number of esters is 1. The molecule has 0 atom stereocenters. The summed E-state index contributed by atoms with van der Waals surface area (Å²) in [7, 11) is 1.60. The van der Waals surface area contributed by atoms with Crippen LogP contribution in [0.4, 0.5) is 0 Å². The molecule has 4 aromatic rings. The molecule has 2 aromatic carbocycles. The fourth-order valence-electron chi connectivity index (χ4n) is 3.28. The van der Waals surface area contributed by atoms with Gasteiger partial charge in [0.1, 0.15) is 17.0 Å². The summed E-state index contributed by atoms with van der Waals surface area (Å²) in [4.78, 5) is 21.9. The fraction of sp³-hybridized carbons (Fsp3) is 0.208. The minimum Gasteiger partial charge on any atom is -0.497 e. The zero-order chi connectivity index (χ0) is 22.7. The van der Waals surface area contributed by atoms with E-state index in [1.54, 1.807) is 27.2 Å².